The van der Waals surface area contributed by atoms with E-state index in [1.165, 1.54) is 0 Å². The lowest BCUT2D eigenvalue weighted by atomic mass is 10.0. The summed E-state index contributed by atoms with van der Waals surface area (Å²) in [7, 11) is 0. The molecule has 0 aromatic heterocycles. The number of benzene rings is 2. The van der Waals surface area contributed by atoms with E-state index in [1.54, 1.807) is 6.07 Å². The Kier molecular flexibility index (Phi) is 3.53. The van der Waals surface area contributed by atoms with Crippen LogP contribution < -0.4 is 5.73 Å². The van der Waals surface area contributed by atoms with Gasteiger partial charge in [0.1, 0.15) is 0 Å². The molecule has 3 N–H and O–H groups in total. The van der Waals surface area contributed by atoms with Gasteiger partial charge in [0.05, 0.1) is 11.9 Å². The summed E-state index contributed by atoms with van der Waals surface area (Å²) in [5.74, 6) is -0.722. The summed E-state index contributed by atoms with van der Waals surface area (Å²) >= 11 is 0. The highest BCUT2D eigenvalue weighted by Gasteiger charge is 2.05. The van der Waals surface area contributed by atoms with Crippen molar-refractivity contribution in [2.75, 3.05) is 0 Å². The predicted molar refractivity (Wildman–Crippen MR) is 72.9 cm³/mol. The van der Waals surface area contributed by atoms with Crippen LogP contribution in [0.25, 0.3) is 16.8 Å². The molecule has 0 aliphatic rings. The Hall–Kier alpha value is -2.42. The minimum atomic E-state index is -0.722. The first-order chi connectivity index (χ1) is 8.72. The molecule has 0 fully saturated rings. The van der Waals surface area contributed by atoms with Crippen molar-refractivity contribution in [3.63, 3.8) is 0 Å². The van der Waals surface area contributed by atoms with Crippen molar-refractivity contribution >= 4 is 11.9 Å². The molecule has 0 bridgehead atoms. The van der Waals surface area contributed by atoms with Gasteiger partial charge in [-0.1, -0.05) is 48.5 Å². The Morgan fingerprint density at radius 2 is 1.67 bits per heavy atom. The van der Waals surface area contributed by atoms with Crippen LogP contribution in [0, 0.1) is 5.41 Å². The second-order valence-electron chi connectivity index (χ2n) is 3.85. The smallest absolute Gasteiger partial charge is 0.164 e. The SMILES string of the molecule is N=CC(F)=C(N)c1cccc(-c2ccccc2)c1. The standard InChI is InChI=1S/C15H13FN2/c16-14(10-17)15(18)13-8-4-7-12(9-13)11-5-2-1-3-6-11/h1-10,17H,18H2. The number of hydrogen-bond donors (Lipinski definition) is 2. The molecular weight excluding hydrogens is 227 g/mol. The van der Waals surface area contributed by atoms with Crippen molar-refractivity contribution in [3.8, 4) is 11.1 Å². The summed E-state index contributed by atoms with van der Waals surface area (Å²) in [6.45, 7) is 0. The Morgan fingerprint density at radius 3 is 2.33 bits per heavy atom. The van der Waals surface area contributed by atoms with Crippen LogP contribution in [0.1, 0.15) is 5.56 Å². The van der Waals surface area contributed by atoms with Gasteiger partial charge >= 0.3 is 0 Å². The average Bonchev–Trinajstić information content (AvgIpc) is 2.46. The molecule has 0 saturated heterocycles. The highest BCUT2D eigenvalue weighted by Crippen LogP contribution is 2.23. The molecule has 0 atom stereocenters. The first-order valence-corrected chi connectivity index (χ1v) is 5.54. The number of halogens is 1. The van der Waals surface area contributed by atoms with E-state index in [9.17, 15) is 4.39 Å². The fourth-order valence-corrected chi connectivity index (χ4v) is 1.71. The lowest BCUT2D eigenvalue weighted by Crippen LogP contribution is -2.00. The van der Waals surface area contributed by atoms with E-state index < -0.39 is 5.83 Å². The van der Waals surface area contributed by atoms with E-state index in [-0.39, 0.29) is 5.70 Å². The molecule has 90 valence electrons. The summed E-state index contributed by atoms with van der Waals surface area (Å²) in [5, 5.41) is 6.87. The van der Waals surface area contributed by atoms with Crippen molar-refractivity contribution in [2.24, 2.45) is 5.73 Å². The number of nitrogens with one attached hydrogen (secondary N) is 1. The summed E-state index contributed by atoms with van der Waals surface area (Å²) < 4.78 is 13.3. The molecule has 0 radical (unpaired) electrons. The normalized spacial score (nSPS) is 11.8. The zero-order chi connectivity index (χ0) is 13.0. The van der Waals surface area contributed by atoms with Crippen molar-refractivity contribution in [1.29, 1.82) is 5.41 Å². The van der Waals surface area contributed by atoms with Crippen LogP contribution in [0.5, 0.6) is 0 Å². The zero-order valence-corrected chi connectivity index (χ0v) is 9.73. The first kappa shape index (κ1) is 12.0. The summed E-state index contributed by atoms with van der Waals surface area (Å²) in [6.07, 6.45) is 0.616. The summed E-state index contributed by atoms with van der Waals surface area (Å²) in [5.41, 5.74) is 8.23. The molecule has 2 nitrogen and oxygen atoms in total. The molecule has 0 unspecified atom stereocenters. The predicted octanol–water partition coefficient (Wildman–Crippen LogP) is 3.60. The highest BCUT2D eigenvalue weighted by molar-refractivity contribution is 5.86. The van der Waals surface area contributed by atoms with Gasteiger partial charge < -0.3 is 11.1 Å². The Balaban J connectivity index is 2.47. The third-order valence-electron chi connectivity index (χ3n) is 2.66. The van der Waals surface area contributed by atoms with E-state index in [4.69, 9.17) is 11.1 Å². The van der Waals surface area contributed by atoms with E-state index in [1.807, 2.05) is 48.5 Å². The monoisotopic (exact) mass is 240 g/mol. The summed E-state index contributed by atoms with van der Waals surface area (Å²) in [4.78, 5) is 0. The molecule has 0 aliphatic heterocycles. The maximum absolute atomic E-state index is 13.3. The van der Waals surface area contributed by atoms with Crippen LogP contribution in [-0.2, 0) is 0 Å². The molecule has 0 saturated carbocycles. The first-order valence-electron chi connectivity index (χ1n) is 5.54. The van der Waals surface area contributed by atoms with Gasteiger partial charge in [-0.3, -0.25) is 0 Å². The number of nitrogens with two attached hydrogens (primary N) is 1. The van der Waals surface area contributed by atoms with Gasteiger partial charge in [0, 0.05) is 5.56 Å². The van der Waals surface area contributed by atoms with Gasteiger partial charge in [-0.15, -0.1) is 0 Å². The fraction of sp³-hybridized carbons (Fsp3) is 0. The van der Waals surface area contributed by atoms with E-state index in [2.05, 4.69) is 0 Å². The highest BCUT2D eigenvalue weighted by atomic mass is 19.1. The Morgan fingerprint density at radius 1 is 1.00 bits per heavy atom. The Labute approximate surface area is 105 Å². The molecule has 0 heterocycles. The molecule has 2 rings (SSSR count). The molecule has 3 heteroatoms. The third kappa shape index (κ3) is 2.46. The minimum absolute atomic E-state index is 0.0113. The Bertz CT molecular complexity index is 588. The maximum Gasteiger partial charge on any atom is 0.164 e. The van der Waals surface area contributed by atoms with E-state index >= 15 is 0 Å². The van der Waals surface area contributed by atoms with Gasteiger partial charge in [0.2, 0.25) is 0 Å². The topological polar surface area (TPSA) is 49.9 Å². The quantitative estimate of drug-likeness (QED) is 0.791. The van der Waals surface area contributed by atoms with Crippen molar-refractivity contribution in [1.82, 2.24) is 0 Å². The fourth-order valence-electron chi connectivity index (χ4n) is 1.71. The molecule has 0 spiro atoms. The molecule has 0 amide bonds. The van der Waals surface area contributed by atoms with Gasteiger partial charge in [0.15, 0.2) is 5.83 Å². The minimum Gasteiger partial charge on any atom is -0.396 e. The number of allylic oxidation sites excluding steroid dienone is 1. The molecule has 0 aliphatic carbocycles. The van der Waals surface area contributed by atoms with Crippen LogP contribution in [0.4, 0.5) is 4.39 Å². The third-order valence-corrected chi connectivity index (χ3v) is 2.66. The van der Waals surface area contributed by atoms with E-state index in [0.29, 0.717) is 11.8 Å². The van der Waals surface area contributed by atoms with Crippen LogP contribution in [0.2, 0.25) is 0 Å². The number of rotatable bonds is 3. The molecular formula is C15H13FN2. The van der Waals surface area contributed by atoms with Crippen molar-refractivity contribution < 1.29 is 4.39 Å². The van der Waals surface area contributed by atoms with Gasteiger partial charge in [-0.05, 0) is 17.2 Å². The number of hydrogen-bond acceptors (Lipinski definition) is 2. The lowest BCUT2D eigenvalue weighted by molar-refractivity contribution is 0.686. The van der Waals surface area contributed by atoms with Crippen LogP contribution in [0.3, 0.4) is 0 Å². The van der Waals surface area contributed by atoms with Crippen LogP contribution in [-0.4, -0.2) is 6.21 Å². The summed E-state index contributed by atoms with van der Waals surface area (Å²) in [6, 6.07) is 17.1. The van der Waals surface area contributed by atoms with Gasteiger partial charge in [-0.2, -0.15) is 0 Å². The molecule has 2 aromatic rings. The van der Waals surface area contributed by atoms with Crippen molar-refractivity contribution in [3.05, 3.63) is 66.0 Å². The molecule has 18 heavy (non-hydrogen) atoms. The average molecular weight is 240 g/mol. The van der Waals surface area contributed by atoms with Crippen molar-refractivity contribution in [2.45, 2.75) is 0 Å². The molecule has 2 aromatic carbocycles. The largest absolute Gasteiger partial charge is 0.396 e. The second kappa shape index (κ2) is 5.27. The zero-order valence-electron chi connectivity index (χ0n) is 9.73. The van der Waals surface area contributed by atoms with Gasteiger partial charge in [-0.25, -0.2) is 4.39 Å². The van der Waals surface area contributed by atoms with Gasteiger partial charge in [0.25, 0.3) is 0 Å². The second-order valence-corrected chi connectivity index (χ2v) is 3.85. The van der Waals surface area contributed by atoms with Crippen LogP contribution >= 0.6 is 0 Å². The van der Waals surface area contributed by atoms with E-state index in [0.717, 1.165) is 11.1 Å². The lowest BCUT2D eigenvalue weighted by Gasteiger charge is -2.06. The van der Waals surface area contributed by atoms with Crippen LogP contribution in [0.15, 0.2) is 60.4 Å². The maximum atomic E-state index is 13.3.